The molecule has 0 radical (unpaired) electrons. The quantitative estimate of drug-likeness (QED) is 0.189. The minimum atomic E-state index is -0.576. The lowest BCUT2D eigenvalue weighted by molar-refractivity contribution is -0.384. The number of para-hydroxylation sites is 1. The molecule has 0 unspecified atom stereocenters. The Bertz CT molecular complexity index is 1220. The molecule has 6 nitrogen and oxygen atoms in total. The van der Waals surface area contributed by atoms with Crippen LogP contribution in [0.1, 0.15) is 10.4 Å². The molecule has 29 heavy (non-hydrogen) atoms. The number of nitro groups is 1. The Balaban J connectivity index is 1.74. The molecule has 0 aliphatic rings. The molecule has 0 atom stereocenters. The number of aromatic nitrogens is 1. The molecule has 0 N–H and O–H groups in total. The van der Waals surface area contributed by atoms with Crippen LogP contribution in [0.15, 0.2) is 78.9 Å². The highest BCUT2D eigenvalue weighted by Crippen LogP contribution is 2.27. The average Bonchev–Trinajstić information content (AvgIpc) is 2.74. The lowest BCUT2D eigenvalue weighted by Crippen LogP contribution is -2.10. The molecule has 0 bridgehead atoms. The zero-order chi connectivity index (χ0) is 20.4. The summed E-state index contributed by atoms with van der Waals surface area (Å²) in [7, 11) is 0. The van der Waals surface area contributed by atoms with Gasteiger partial charge >= 0.3 is 5.97 Å². The van der Waals surface area contributed by atoms with Crippen LogP contribution in [-0.4, -0.2) is 15.9 Å². The zero-order valence-electron chi connectivity index (χ0n) is 14.9. The first-order chi connectivity index (χ1) is 14.0. The van der Waals surface area contributed by atoms with Crippen molar-refractivity contribution in [2.45, 2.75) is 0 Å². The van der Waals surface area contributed by atoms with Gasteiger partial charge in [0.2, 0.25) is 0 Å². The number of pyridine rings is 1. The van der Waals surface area contributed by atoms with Crippen molar-refractivity contribution in [1.29, 1.82) is 0 Å². The summed E-state index contributed by atoms with van der Waals surface area (Å²) in [4.78, 5) is 27.8. The minimum absolute atomic E-state index is 0.0795. The molecule has 0 aliphatic carbocycles. The van der Waals surface area contributed by atoms with Crippen LogP contribution in [0.4, 0.5) is 5.69 Å². The smallest absolute Gasteiger partial charge is 0.344 e. The maximum absolute atomic E-state index is 12.9. The number of benzene rings is 3. The third-order valence-electron chi connectivity index (χ3n) is 4.33. The Kier molecular flexibility index (Phi) is 4.93. The Hall–Kier alpha value is -3.77. The van der Waals surface area contributed by atoms with E-state index in [9.17, 15) is 14.9 Å². The first kappa shape index (κ1) is 18.6. The lowest BCUT2D eigenvalue weighted by atomic mass is 10.0. The standard InChI is InChI=1S/C22H13ClN2O4/c23-15-7-5-14(6-8-15)21-13-19(18-3-1-2-4-20(18)24-21)22(26)29-17-11-9-16(10-12-17)25(27)28/h1-13H. The van der Waals surface area contributed by atoms with E-state index >= 15 is 0 Å². The van der Waals surface area contributed by atoms with E-state index in [4.69, 9.17) is 16.3 Å². The maximum atomic E-state index is 12.9. The van der Waals surface area contributed by atoms with Crippen molar-refractivity contribution in [3.05, 3.63) is 99.6 Å². The van der Waals surface area contributed by atoms with Gasteiger partial charge in [-0.05, 0) is 36.4 Å². The number of fused-ring (bicyclic) bond motifs is 1. The van der Waals surface area contributed by atoms with Gasteiger partial charge in [0, 0.05) is 28.1 Å². The van der Waals surface area contributed by atoms with Crippen molar-refractivity contribution < 1.29 is 14.5 Å². The van der Waals surface area contributed by atoms with Crippen LogP contribution < -0.4 is 4.74 Å². The van der Waals surface area contributed by atoms with E-state index in [1.54, 1.807) is 24.3 Å². The topological polar surface area (TPSA) is 82.3 Å². The van der Waals surface area contributed by atoms with Crippen molar-refractivity contribution in [3.8, 4) is 17.0 Å². The molecule has 0 saturated heterocycles. The highest BCUT2D eigenvalue weighted by molar-refractivity contribution is 6.30. The molecule has 4 rings (SSSR count). The number of hydrogen-bond donors (Lipinski definition) is 0. The number of hydrogen-bond acceptors (Lipinski definition) is 5. The summed E-state index contributed by atoms with van der Waals surface area (Å²) in [6.45, 7) is 0. The van der Waals surface area contributed by atoms with Crippen molar-refractivity contribution in [2.75, 3.05) is 0 Å². The first-order valence-electron chi connectivity index (χ1n) is 8.63. The molecule has 0 fully saturated rings. The number of ether oxygens (including phenoxy) is 1. The SMILES string of the molecule is O=C(Oc1ccc([N+](=O)[O-])cc1)c1cc(-c2ccc(Cl)cc2)nc2ccccc12. The van der Waals surface area contributed by atoms with Crippen LogP contribution in [0, 0.1) is 10.1 Å². The number of non-ortho nitro benzene ring substituents is 1. The van der Waals surface area contributed by atoms with Crippen LogP contribution >= 0.6 is 11.6 Å². The Morgan fingerprint density at radius 3 is 2.34 bits per heavy atom. The van der Waals surface area contributed by atoms with Crippen molar-refractivity contribution in [3.63, 3.8) is 0 Å². The highest BCUT2D eigenvalue weighted by atomic mass is 35.5. The Morgan fingerprint density at radius 1 is 0.966 bits per heavy atom. The predicted octanol–water partition coefficient (Wildman–Crippen LogP) is 5.68. The van der Waals surface area contributed by atoms with Crippen molar-refractivity contribution in [2.24, 2.45) is 0 Å². The minimum Gasteiger partial charge on any atom is -0.423 e. The summed E-state index contributed by atoms with van der Waals surface area (Å²) >= 11 is 5.96. The number of carbonyl (C=O) groups excluding carboxylic acids is 1. The summed E-state index contributed by atoms with van der Waals surface area (Å²) in [6, 6.07) is 21.4. The molecule has 7 heteroatoms. The molecule has 1 heterocycles. The molecule has 0 aliphatic heterocycles. The number of esters is 1. The van der Waals surface area contributed by atoms with Gasteiger partial charge in [-0.25, -0.2) is 9.78 Å². The van der Waals surface area contributed by atoms with Crippen LogP contribution in [0.5, 0.6) is 5.75 Å². The largest absolute Gasteiger partial charge is 0.423 e. The zero-order valence-corrected chi connectivity index (χ0v) is 15.7. The van der Waals surface area contributed by atoms with Gasteiger partial charge in [0.1, 0.15) is 5.75 Å². The second kappa shape index (κ2) is 7.69. The normalized spacial score (nSPS) is 10.7. The van der Waals surface area contributed by atoms with E-state index in [0.717, 1.165) is 5.56 Å². The predicted molar refractivity (Wildman–Crippen MR) is 110 cm³/mol. The van der Waals surface area contributed by atoms with E-state index < -0.39 is 10.9 Å². The summed E-state index contributed by atoms with van der Waals surface area (Å²) in [5, 5.41) is 12.0. The van der Waals surface area contributed by atoms with Gasteiger partial charge in [-0.3, -0.25) is 10.1 Å². The average molecular weight is 405 g/mol. The van der Waals surface area contributed by atoms with Crippen molar-refractivity contribution >= 4 is 34.2 Å². The van der Waals surface area contributed by atoms with E-state index in [1.165, 1.54) is 24.3 Å². The van der Waals surface area contributed by atoms with E-state index in [0.29, 0.717) is 27.2 Å². The van der Waals surface area contributed by atoms with Gasteiger partial charge in [-0.2, -0.15) is 0 Å². The molecular formula is C22H13ClN2O4. The van der Waals surface area contributed by atoms with Gasteiger partial charge in [0.15, 0.2) is 0 Å². The maximum Gasteiger partial charge on any atom is 0.344 e. The number of nitrogens with zero attached hydrogens (tertiary/aromatic N) is 2. The van der Waals surface area contributed by atoms with Crippen LogP contribution in [0.25, 0.3) is 22.2 Å². The fourth-order valence-electron chi connectivity index (χ4n) is 2.91. The molecule has 3 aromatic carbocycles. The molecule has 0 saturated carbocycles. The fraction of sp³-hybridized carbons (Fsp3) is 0. The van der Waals surface area contributed by atoms with Gasteiger partial charge in [0.05, 0.1) is 21.7 Å². The van der Waals surface area contributed by atoms with E-state index in [2.05, 4.69) is 4.98 Å². The van der Waals surface area contributed by atoms with Crippen LogP contribution in [-0.2, 0) is 0 Å². The number of nitro benzene ring substituents is 1. The second-order valence-corrected chi connectivity index (χ2v) is 6.66. The first-order valence-corrected chi connectivity index (χ1v) is 9.01. The summed E-state index contributed by atoms with van der Waals surface area (Å²) in [6.07, 6.45) is 0. The highest BCUT2D eigenvalue weighted by Gasteiger charge is 2.16. The second-order valence-electron chi connectivity index (χ2n) is 6.22. The fourth-order valence-corrected chi connectivity index (χ4v) is 3.04. The number of rotatable bonds is 4. The monoisotopic (exact) mass is 404 g/mol. The van der Waals surface area contributed by atoms with Gasteiger partial charge < -0.3 is 4.74 Å². The molecule has 142 valence electrons. The lowest BCUT2D eigenvalue weighted by Gasteiger charge is -2.10. The van der Waals surface area contributed by atoms with E-state index in [-0.39, 0.29) is 11.4 Å². The molecular weight excluding hydrogens is 392 g/mol. The molecule has 0 amide bonds. The van der Waals surface area contributed by atoms with Gasteiger partial charge in [0.25, 0.3) is 5.69 Å². The number of carbonyl (C=O) groups is 1. The molecule has 0 spiro atoms. The van der Waals surface area contributed by atoms with E-state index in [1.807, 2.05) is 30.3 Å². The van der Waals surface area contributed by atoms with Gasteiger partial charge in [-0.15, -0.1) is 0 Å². The number of halogens is 1. The summed E-state index contributed by atoms with van der Waals surface area (Å²) < 4.78 is 5.44. The Labute approximate surface area is 170 Å². The third-order valence-corrected chi connectivity index (χ3v) is 4.59. The summed E-state index contributed by atoms with van der Waals surface area (Å²) in [5.74, 6) is -0.359. The van der Waals surface area contributed by atoms with Gasteiger partial charge in [-0.1, -0.05) is 41.9 Å². The molecule has 1 aromatic heterocycles. The summed E-state index contributed by atoms with van der Waals surface area (Å²) in [5.41, 5.74) is 2.33. The third kappa shape index (κ3) is 3.93. The van der Waals surface area contributed by atoms with Crippen molar-refractivity contribution in [1.82, 2.24) is 4.98 Å². The molecule has 4 aromatic rings. The van der Waals surface area contributed by atoms with Crippen LogP contribution in [0.2, 0.25) is 5.02 Å². The Morgan fingerprint density at radius 2 is 1.66 bits per heavy atom. The van der Waals surface area contributed by atoms with Crippen LogP contribution in [0.3, 0.4) is 0 Å².